The molecule has 3 aromatic carbocycles. The molecular weight excluding hydrogens is 422 g/mol. The molecule has 0 atom stereocenters. The number of para-hydroxylation sites is 1. The number of sulfonamides is 1. The fraction of sp³-hybridized carbons (Fsp3) is 0.120. The molecule has 0 saturated heterocycles. The quantitative estimate of drug-likeness (QED) is 0.445. The van der Waals surface area contributed by atoms with Crippen LogP contribution >= 0.6 is 0 Å². The number of rotatable bonds is 6. The lowest BCUT2D eigenvalue weighted by Gasteiger charge is -2.13. The van der Waals surface area contributed by atoms with Gasteiger partial charge in [0.05, 0.1) is 16.8 Å². The molecule has 162 valence electrons. The number of fused-ring (bicyclic) bond motifs is 1. The normalized spacial score (nSPS) is 11.3. The summed E-state index contributed by atoms with van der Waals surface area (Å²) in [5.41, 5.74) is 4.02. The first-order valence-electron chi connectivity index (χ1n) is 10.1. The van der Waals surface area contributed by atoms with E-state index in [1.165, 1.54) is 6.07 Å². The molecule has 0 bridgehead atoms. The number of hydrogen-bond acceptors (Lipinski definition) is 4. The van der Waals surface area contributed by atoms with E-state index in [1.807, 2.05) is 43.3 Å². The smallest absolute Gasteiger partial charge is 0.262 e. The Balaban J connectivity index is 1.55. The molecule has 1 heterocycles. The highest BCUT2D eigenvalue weighted by atomic mass is 32.2. The van der Waals surface area contributed by atoms with Crippen LogP contribution in [0.25, 0.3) is 10.9 Å². The van der Waals surface area contributed by atoms with Crippen molar-refractivity contribution in [2.75, 3.05) is 10.0 Å². The van der Waals surface area contributed by atoms with Crippen LogP contribution in [0.1, 0.15) is 16.7 Å². The average molecular weight is 446 g/mol. The SMILES string of the molecule is Cc1cccc(NS(=O)(=O)c2cc(NC(=O)Cc3cccc4cccnc34)ccc2C)c1. The van der Waals surface area contributed by atoms with Crippen molar-refractivity contribution in [3.8, 4) is 0 Å². The van der Waals surface area contributed by atoms with Gasteiger partial charge in [0, 0.05) is 23.0 Å². The number of pyridine rings is 1. The first kappa shape index (κ1) is 21.5. The molecule has 32 heavy (non-hydrogen) atoms. The van der Waals surface area contributed by atoms with Crippen LogP contribution in [0.2, 0.25) is 0 Å². The summed E-state index contributed by atoms with van der Waals surface area (Å²) < 4.78 is 28.6. The van der Waals surface area contributed by atoms with Gasteiger partial charge >= 0.3 is 0 Å². The Kier molecular flexibility index (Phi) is 5.92. The van der Waals surface area contributed by atoms with Crippen LogP contribution in [0.4, 0.5) is 11.4 Å². The van der Waals surface area contributed by atoms with Crippen LogP contribution in [-0.4, -0.2) is 19.3 Å². The van der Waals surface area contributed by atoms with E-state index < -0.39 is 10.0 Å². The van der Waals surface area contributed by atoms with Crippen LogP contribution < -0.4 is 10.0 Å². The van der Waals surface area contributed by atoms with Gasteiger partial charge in [0.25, 0.3) is 10.0 Å². The topological polar surface area (TPSA) is 88.2 Å². The summed E-state index contributed by atoms with van der Waals surface area (Å²) in [7, 11) is -3.82. The first-order valence-corrected chi connectivity index (χ1v) is 11.6. The van der Waals surface area contributed by atoms with Crippen LogP contribution in [0.15, 0.2) is 83.9 Å². The number of carbonyl (C=O) groups excluding carboxylic acids is 1. The molecule has 0 fully saturated rings. The highest BCUT2D eigenvalue weighted by Gasteiger charge is 2.18. The molecule has 0 aliphatic rings. The third kappa shape index (κ3) is 4.78. The number of nitrogens with one attached hydrogen (secondary N) is 2. The second-order valence-corrected chi connectivity index (χ2v) is 9.32. The average Bonchev–Trinajstić information content (AvgIpc) is 2.75. The van der Waals surface area contributed by atoms with Gasteiger partial charge in [-0.15, -0.1) is 0 Å². The predicted octanol–water partition coefficient (Wildman–Crippen LogP) is 4.83. The Hall–Kier alpha value is -3.71. The van der Waals surface area contributed by atoms with Gasteiger partial charge in [-0.25, -0.2) is 8.42 Å². The fourth-order valence-corrected chi connectivity index (χ4v) is 4.90. The van der Waals surface area contributed by atoms with Crippen LogP contribution in [-0.2, 0) is 21.2 Å². The van der Waals surface area contributed by atoms with Gasteiger partial charge in [-0.05, 0) is 60.9 Å². The Bertz CT molecular complexity index is 1410. The van der Waals surface area contributed by atoms with Gasteiger partial charge in [0.15, 0.2) is 0 Å². The van der Waals surface area contributed by atoms with Gasteiger partial charge in [-0.2, -0.15) is 0 Å². The molecule has 0 spiro atoms. The van der Waals surface area contributed by atoms with Crippen LogP contribution in [0.5, 0.6) is 0 Å². The monoisotopic (exact) mass is 445 g/mol. The minimum atomic E-state index is -3.82. The van der Waals surface area contributed by atoms with Crippen molar-refractivity contribution in [2.45, 2.75) is 25.2 Å². The summed E-state index contributed by atoms with van der Waals surface area (Å²) in [5, 5.41) is 3.77. The number of amides is 1. The maximum absolute atomic E-state index is 13.0. The highest BCUT2D eigenvalue weighted by molar-refractivity contribution is 7.92. The Morgan fingerprint density at radius 2 is 1.69 bits per heavy atom. The van der Waals surface area contributed by atoms with E-state index >= 15 is 0 Å². The molecule has 2 N–H and O–H groups in total. The summed E-state index contributed by atoms with van der Waals surface area (Å²) in [6.45, 7) is 3.61. The second kappa shape index (κ2) is 8.80. The number of hydrogen-bond donors (Lipinski definition) is 2. The van der Waals surface area contributed by atoms with Gasteiger partial charge in [-0.1, -0.05) is 42.5 Å². The van der Waals surface area contributed by atoms with Crippen molar-refractivity contribution >= 4 is 38.2 Å². The number of anilines is 2. The standard InChI is InChI=1S/C25H23N3O3S/c1-17-6-3-10-22(14-17)28-32(30,31)23-16-21(12-11-18(23)2)27-24(29)15-20-8-4-7-19-9-5-13-26-25(19)20/h3-14,16,28H,15H2,1-2H3,(H,27,29). The zero-order chi connectivity index (χ0) is 22.7. The Morgan fingerprint density at radius 1 is 0.906 bits per heavy atom. The molecular formula is C25H23N3O3S. The highest BCUT2D eigenvalue weighted by Crippen LogP contribution is 2.24. The van der Waals surface area contributed by atoms with Crippen molar-refractivity contribution in [1.29, 1.82) is 0 Å². The summed E-state index contributed by atoms with van der Waals surface area (Å²) >= 11 is 0. The van der Waals surface area contributed by atoms with Crippen LogP contribution in [0.3, 0.4) is 0 Å². The molecule has 7 heteroatoms. The van der Waals surface area contributed by atoms with E-state index in [1.54, 1.807) is 43.5 Å². The third-order valence-corrected chi connectivity index (χ3v) is 6.62. The van der Waals surface area contributed by atoms with E-state index in [9.17, 15) is 13.2 Å². The van der Waals surface area contributed by atoms with Crippen molar-refractivity contribution < 1.29 is 13.2 Å². The van der Waals surface area contributed by atoms with Crippen molar-refractivity contribution in [3.63, 3.8) is 0 Å². The molecule has 0 radical (unpaired) electrons. The summed E-state index contributed by atoms with van der Waals surface area (Å²) in [5.74, 6) is -0.248. The van der Waals surface area contributed by atoms with E-state index in [0.717, 1.165) is 22.0 Å². The molecule has 0 saturated carbocycles. The minimum absolute atomic E-state index is 0.114. The van der Waals surface area contributed by atoms with Crippen molar-refractivity contribution in [3.05, 3.63) is 95.7 Å². The Morgan fingerprint density at radius 3 is 2.50 bits per heavy atom. The molecule has 0 aliphatic carbocycles. The number of nitrogens with zero attached hydrogens (tertiary/aromatic N) is 1. The Labute approximate surface area is 187 Å². The largest absolute Gasteiger partial charge is 0.326 e. The first-order chi connectivity index (χ1) is 15.3. The maximum Gasteiger partial charge on any atom is 0.262 e. The lowest BCUT2D eigenvalue weighted by Crippen LogP contribution is -2.17. The maximum atomic E-state index is 13.0. The van der Waals surface area contributed by atoms with Crippen molar-refractivity contribution in [1.82, 2.24) is 4.98 Å². The molecule has 1 aromatic heterocycles. The van der Waals surface area contributed by atoms with Crippen molar-refractivity contribution in [2.24, 2.45) is 0 Å². The van der Waals surface area contributed by atoms with Gasteiger partial charge in [0.2, 0.25) is 5.91 Å². The molecule has 1 amide bonds. The number of aryl methyl sites for hydroxylation is 2. The zero-order valence-electron chi connectivity index (χ0n) is 17.8. The predicted molar refractivity (Wildman–Crippen MR) is 127 cm³/mol. The molecule has 0 aliphatic heterocycles. The number of benzene rings is 3. The van der Waals surface area contributed by atoms with E-state index in [-0.39, 0.29) is 17.2 Å². The summed E-state index contributed by atoms with van der Waals surface area (Å²) in [4.78, 5) is 17.2. The number of aromatic nitrogens is 1. The lowest BCUT2D eigenvalue weighted by molar-refractivity contribution is -0.115. The zero-order valence-corrected chi connectivity index (χ0v) is 18.6. The number of carbonyl (C=O) groups is 1. The lowest BCUT2D eigenvalue weighted by atomic mass is 10.1. The van der Waals surface area contributed by atoms with Crippen LogP contribution in [0, 0.1) is 13.8 Å². The molecule has 0 unspecified atom stereocenters. The van der Waals surface area contributed by atoms with E-state index in [4.69, 9.17) is 0 Å². The van der Waals surface area contributed by atoms with Gasteiger partial charge in [0.1, 0.15) is 0 Å². The summed E-state index contributed by atoms with van der Waals surface area (Å²) in [6, 6.07) is 21.5. The minimum Gasteiger partial charge on any atom is -0.326 e. The molecule has 4 aromatic rings. The van der Waals surface area contributed by atoms with Gasteiger partial charge in [-0.3, -0.25) is 14.5 Å². The third-order valence-electron chi connectivity index (χ3n) is 5.10. The fourth-order valence-electron chi connectivity index (χ4n) is 3.57. The molecule has 6 nitrogen and oxygen atoms in total. The van der Waals surface area contributed by atoms with Gasteiger partial charge < -0.3 is 5.32 Å². The van der Waals surface area contributed by atoms with E-state index in [0.29, 0.717) is 16.9 Å². The summed E-state index contributed by atoms with van der Waals surface area (Å²) in [6.07, 6.45) is 1.83. The second-order valence-electron chi connectivity index (χ2n) is 7.67. The molecule has 4 rings (SSSR count). The van der Waals surface area contributed by atoms with E-state index in [2.05, 4.69) is 15.0 Å².